The molecule has 1 aromatic carbocycles. The molecule has 3 nitrogen and oxygen atoms in total. The van der Waals surface area contributed by atoms with Crippen molar-refractivity contribution in [1.29, 1.82) is 0 Å². The minimum absolute atomic E-state index is 0.0172. The molecule has 1 unspecified atom stereocenters. The van der Waals surface area contributed by atoms with Gasteiger partial charge in [-0.2, -0.15) is 0 Å². The van der Waals surface area contributed by atoms with Gasteiger partial charge in [-0.25, -0.2) is 4.39 Å². The average molecular weight is 265 g/mol. The topological polar surface area (TPSA) is 29.5 Å². The Kier molecular flexibility index (Phi) is 4.32. The number of halogens is 1. The summed E-state index contributed by atoms with van der Waals surface area (Å²) in [4.78, 5) is 14.8. The largest absolute Gasteiger partial charge is 0.379 e. The molecule has 0 amide bonds. The normalized spacial score (nSPS) is 19.9. The third-order valence-electron chi connectivity index (χ3n) is 3.97. The molecule has 0 radical (unpaired) electrons. The van der Waals surface area contributed by atoms with Gasteiger partial charge in [0.15, 0.2) is 5.78 Å². The highest BCUT2D eigenvalue weighted by Crippen LogP contribution is 2.26. The van der Waals surface area contributed by atoms with E-state index < -0.39 is 5.54 Å². The summed E-state index contributed by atoms with van der Waals surface area (Å²) in [6, 6.07) is 5.93. The van der Waals surface area contributed by atoms with Crippen LogP contribution < -0.4 is 0 Å². The van der Waals surface area contributed by atoms with Crippen LogP contribution in [0.4, 0.5) is 4.39 Å². The minimum atomic E-state index is -0.586. The van der Waals surface area contributed by atoms with Crippen LogP contribution in [0.15, 0.2) is 24.3 Å². The summed E-state index contributed by atoms with van der Waals surface area (Å²) < 4.78 is 18.6. The number of benzene rings is 1. The molecule has 1 aliphatic heterocycles. The van der Waals surface area contributed by atoms with E-state index in [9.17, 15) is 9.18 Å². The van der Waals surface area contributed by atoms with E-state index in [0.29, 0.717) is 25.2 Å². The van der Waals surface area contributed by atoms with E-state index in [-0.39, 0.29) is 11.6 Å². The Morgan fingerprint density at radius 3 is 2.68 bits per heavy atom. The summed E-state index contributed by atoms with van der Waals surface area (Å²) in [5.74, 6) is -0.386. The van der Waals surface area contributed by atoms with Crippen LogP contribution >= 0.6 is 0 Å². The SMILES string of the molecule is CCC(C)(C(=O)c1cccc(F)c1)N1CCOCC1. The molecule has 0 N–H and O–H groups in total. The molecular formula is C15H20FNO2. The van der Waals surface area contributed by atoms with Gasteiger partial charge in [-0.05, 0) is 25.5 Å². The van der Waals surface area contributed by atoms with Gasteiger partial charge in [0.2, 0.25) is 0 Å². The van der Waals surface area contributed by atoms with Crippen LogP contribution in [-0.2, 0) is 4.74 Å². The molecule has 1 aromatic rings. The van der Waals surface area contributed by atoms with Crippen molar-refractivity contribution in [2.24, 2.45) is 0 Å². The highest BCUT2D eigenvalue weighted by atomic mass is 19.1. The Morgan fingerprint density at radius 2 is 2.11 bits per heavy atom. The third-order valence-corrected chi connectivity index (χ3v) is 3.97. The van der Waals surface area contributed by atoms with Gasteiger partial charge in [-0.15, -0.1) is 0 Å². The van der Waals surface area contributed by atoms with E-state index in [1.54, 1.807) is 12.1 Å². The standard InChI is InChI=1S/C15H20FNO2/c1-3-15(2,17-7-9-19-10-8-17)14(18)12-5-4-6-13(16)11-12/h4-6,11H,3,7-10H2,1-2H3. The van der Waals surface area contributed by atoms with E-state index in [1.807, 2.05) is 13.8 Å². The molecule has 0 spiro atoms. The van der Waals surface area contributed by atoms with Crippen molar-refractivity contribution in [1.82, 2.24) is 4.90 Å². The summed E-state index contributed by atoms with van der Waals surface area (Å²) in [5.41, 5.74) is -0.145. The maximum Gasteiger partial charge on any atom is 0.182 e. The lowest BCUT2D eigenvalue weighted by Crippen LogP contribution is -2.56. The number of carbonyl (C=O) groups excluding carboxylic acids is 1. The van der Waals surface area contributed by atoms with Gasteiger partial charge in [0, 0.05) is 18.7 Å². The zero-order valence-electron chi connectivity index (χ0n) is 11.5. The number of ether oxygens (including phenoxy) is 1. The molecule has 0 bridgehead atoms. The second-order valence-electron chi connectivity index (χ2n) is 5.07. The Balaban J connectivity index is 2.26. The second-order valence-corrected chi connectivity index (χ2v) is 5.07. The molecule has 104 valence electrons. The van der Waals surface area contributed by atoms with Crippen LogP contribution in [0.1, 0.15) is 30.6 Å². The Bertz CT molecular complexity index is 457. The molecule has 1 heterocycles. The highest BCUT2D eigenvalue weighted by Gasteiger charge is 2.38. The first-order valence-electron chi connectivity index (χ1n) is 6.71. The zero-order chi connectivity index (χ0) is 13.9. The third kappa shape index (κ3) is 2.85. The van der Waals surface area contributed by atoms with Gasteiger partial charge in [-0.1, -0.05) is 19.1 Å². The predicted octanol–water partition coefficient (Wildman–Crippen LogP) is 2.51. The van der Waals surface area contributed by atoms with Gasteiger partial charge in [0.1, 0.15) is 5.82 Å². The van der Waals surface area contributed by atoms with Crippen LogP contribution in [0.5, 0.6) is 0 Å². The first-order valence-corrected chi connectivity index (χ1v) is 6.71. The predicted molar refractivity (Wildman–Crippen MR) is 71.8 cm³/mol. The fourth-order valence-electron chi connectivity index (χ4n) is 2.53. The van der Waals surface area contributed by atoms with Crippen molar-refractivity contribution in [2.75, 3.05) is 26.3 Å². The molecule has 1 aliphatic rings. The number of ketones is 1. The van der Waals surface area contributed by atoms with Crippen molar-refractivity contribution < 1.29 is 13.9 Å². The number of carbonyl (C=O) groups is 1. The van der Waals surface area contributed by atoms with Crippen LogP contribution in [0.3, 0.4) is 0 Å². The maximum atomic E-state index is 13.3. The van der Waals surface area contributed by atoms with E-state index in [4.69, 9.17) is 4.74 Å². The molecule has 0 saturated carbocycles. The Morgan fingerprint density at radius 1 is 1.42 bits per heavy atom. The molecule has 1 saturated heterocycles. The quantitative estimate of drug-likeness (QED) is 0.783. The number of morpholine rings is 1. The maximum absolute atomic E-state index is 13.3. The highest BCUT2D eigenvalue weighted by molar-refractivity contribution is 6.02. The van der Waals surface area contributed by atoms with Crippen molar-refractivity contribution in [3.05, 3.63) is 35.6 Å². The summed E-state index contributed by atoms with van der Waals surface area (Å²) in [6.07, 6.45) is 0.697. The Labute approximate surface area is 113 Å². The van der Waals surface area contributed by atoms with Gasteiger partial charge in [-0.3, -0.25) is 9.69 Å². The molecule has 1 atom stereocenters. The molecule has 2 rings (SSSR count). The zero-order valence-corrected chi connectivity index (χ0v) is 11.5. The van der Waals surface area contributed by atoms with Crippen molar-refractivity contribution >= 4 is 5.78 Å². The Hall–Kier alpha value is -1.26. The summed E-state index contributed by atoms with van der Waals surface area (Å²) >= 11 is 0. The number of rotatable bonds is 4. The second kappa shape index (κ2) is 5.80. The number of Topliss-reactive ketones (excluding diaryl/α,β-unsaturated/α-hetero) is 1. The van der Waals surface area contributed by atoms with E-state index in [0.717, 1.165) is 13.1 Å². The van der Waals surface area contributed by atoms with Gasteiger partial charge in [0.05, 0.1) is 18.8 Å². The van der Waals surface area contributed by atoms with Crippen LogP contribution in [0, 0.1) is 5.82 Å². The molecule has 0 aliphatic carbocycles. The molecule has 0 aromatic heterocycles. The number of hydrogen-bond acceptors (Lipinski definition) is 3. The molecule has 19 heavy (non-hydrogen) atoms. The lowest BCUT2D eigenvalue weighted by atomic mass is 9.86. The number of hydrogen-bond donors (Lipinski definition) is 0. The average Bonchev–Trinajstić information content (AvgIpc) is 2.46. The van der Waals surface area contributed by atoms with Crippen LogP contribution in [-0.4, -0.2) is 42.5 Å². The van der Waals surface area contributed by atoms with Crippen LogP contribution in [0.25, 0.3) is 0 Å². The van der Waals surface area contributed by atoms with E-state index in [2.05, 4.69) is 4.90 Å². The van der Waals surface area contributed by atoms with E-state index >= 15 is 0 Å². The smallest absolute Gasteiger partial charge is 0.182 e. The minimum Gasteiger partial charge on any atom is -0.379 e. The summed E-state index contributed by atoms with van der Waals surface area (Å²) in [5, 5.41) is 0. The lowest BCUT2D eigenvalue weighted by molar-refractivity contribution is -0.0106. The van der Waals surface area contributed by atoms with E-state index in [1.165, 1.54) is 12.1 Å². The monoisotopic (exact) mass is 265 g/mol. The fourth-order valence-corrected chi connectivity index (χ4v) is 2.53. The van der Waals surface area contributed by atoms with Crippen molar-refractivity contribution in [2.45, 2.75) is 25.8 Å². The first-order chi connectivity index (χ1) is 9.08. The fraction of sp³-hybridized carbons (Fsp3) is 0.533. The van der Waals surface area contributed by atoms with Gasteiger partial charge < -0.3 is 4.74 Å². The van der Waals surface area contributed by atoms with Gasteiger partial charge in [0.25, 0.3) is 0 Å². The first kappa shape index (κ1) is 14.2. The summed E-state index contributed by atoms with van der Waals surface area (Å²) in [7, 11) is 0. The van der Waals surface area contributed by atoms with Crippen molar-refractivity contribution in [3.8, 4) is 0 Å². The molecular weight excluding hydrogens is 245 g/mol. The molecule has 1 fully saturated rings. The molecule has 4 heteroatoms. The van der Waals surface area contributed by atoms with Crippen LogP contribution in [0.2, 0.25) is 0 Å². The van der Waals surface area contributed by atoms with Gasteiger partial charge >= 0.3 is 0 Å². The summed E-state index contributed by atoms with van der Waals surface area (Å²) in [6.45, 7) is 6.70. The lowest BCUT2D eigenvalue weighted by Gasteiger charge is -2.41. The van der Waals surface area contributed by atoms with Crippen molar-refractivity contribution in [3.63, 3.8) is 0 Å². The number of nitrogens with zero attached hydrogens (tertiary/aromatic N) is 1.